The van der Waals surface area contributed by atoms with E-state index in [1.54, 1.807) is 0 Å². The minimum atomic E-state index is 0.162. The summed E-state index contributed by atoms with van der Waals surface area (Å²) in [6.07, 6.45) is 0. The van der Waals surface area contributed by atoms with Crippen molar-refractivity contribution in [2.75, 3.05) is 13.2 Å². The first-order valence-electron chi connectivity index (χ1n) is 6.07. The molecule has 0 amide bonds. The molecule has 0 atom stereocenters. The van der Waals surface area contributed by atoms with Gasteiger partial charge in [0.1, 0.15) is 0 Å². The fraction of sp³-hybridized carbons (Fsp3) is 0.750. The first-order valence-corrected chi connectivity index (χ1v) is 6.45. The predicted molar refractivity (Wildman–Crippen MR) is 70.3 cm³/mol. The molecule has 0 aliphatic heterocycles. The normalized spacial score (nSPS) is 11.8. The lowest BCUT2D eigenvalue weighted by Crippen LogP contribution is -2.33. The zero-order valence-corrected chi connectivity index (χ0v) is 11.8. The molecule has 1 heterocycles. The average Bonchev–Trinajstić information content (AvgIpc) is 2.55. The van der Waals surface area contributed by atoms with Crippen molar-refractivity contribution < 1.29 is 5.11 Å². The van der Waals surface area contributed by atoms with Crippen molar-refractivity contribution in [1.29, 1.82) is 0 Å². The second kappa shape index (κ2) is 6.38. The van der Waals surface area contributed by atoms with Gasteiger partial charge in [-0.05, 0) is 27.7 Å². The van der Waals surface area contributed by atoms with Crippen molar-refractivity contribution in [1.82, 2.24) is 14.7 Å². The number of hydrogen-bond donors (Lipinski definition) is 1. The summed E-state index contributed by atoms with van der Waals surface area (Å²) in [4.78, 5) is 2.19. The van der Waals surface area contributed by atoms with Gasteiger partial charge in [-0.2, -0.15) is 5.10 Å². The van der Waals surface area contributed by atoms with Crippen LogP contribution in [0, 0.1) is 6.92 Å². The molecule has 0 unspecified atom stereocenters. The highest BCUT2D eigenvalue weighted by Gasteiger charge is 2.17. The third kappa shape index (κ3) is 3.44. The lowest BCUT2D eigenvalue weighted by Gasteiger charge is -2.25. The van der Waals surface area contributed by atoms with Crippen LogP contribution >= 0.6 is 11.6 Å². The molecule has 0 bridgehead atoms. The Hall–Kier alpha value is -0.580. The molecule has 0 saturated heterocycles. The number of aliphatic hydroxyl groups excluding tert-OH is 1. The van der Waals surface area contributed by atoms with Crippen LogP contribution in [0.5, 0.6) is 0 Å². The minimum Gasteiger partial charge on any atom is -0.395 e. The summed E-state index contributed by atoms with van der Waals surface area (Å²) in [5.41, 5.74) is 1.91. The maximum Gasteiger partial charge on any atom is 0.0860 e. The minimum absolute atomic E-state index is 0.162. The van der Waals surface area contributed by atoms with E-state index in [0.29, 0.717) is 12.6 Å². The van der Waals surface area contributed by atoms with E-state index in [1.165, 1.54) is 0 Å². The molecule has 1 rings (SSSR count). The van der Waals surface area contributed by atoms with Crippen LogP contribution in [-0.2, 0) is 13.1 Å². The largest absolute Gasteiger partial charge is 0.395 e. The maximum atomic E-state index is 9.07. The van der Waals surface area contributed by atoms with Crippen molar-refractivity contribution in [2.24, 2.45) is 0 Å². The summed E-state index contributed by atoms with van der Waals surface area (Å²) in [6.45, 7) is 10.6. The van der Waals surface area contributed by atoms with Gasteiger partial charge in [0.05, 0.1) is 23.0 Å². The number of nitrogens with zero attached hydrogens (tertiary/aromatic N) is 3. The summed E-state index contributed by atoms with van der Waals surface area (Å²) < 4.78 is 1.93. The molecule has 0 saturated carbocycles. The van der Waals surface area contributed by atoms with Gasteiger partial charge < -0.3 is 5.11 Å². The van der Waals surface area contributed by atoms with Gasteiger partial charge >= 0.3 is 0 Å². The fourth-order valence-corrected chi connectivity index (χ4v) is 2.06. The lowest BCUT2D eigenvalue weighted by atomic mass is 10.2. The van der Waals surface area contributed by atoms with E-state index >= 15 is 0 Å². The average molecular weight is 260 g/mol. The molecule has 98 valence electrons. The van der Waals surface area contributed by atoms with E-state index in [4.69, 9.17) is 16.7 Å². The van der Waals surface area contributed by atoms with Crippen LogP contribution < -0.4 is 0 Å². The van der Waals surface area contributed by atoms with Crippen LogP contribution in [0.1, 0.15) is 32.2 Å². The van der Waals surface area contributed by atoms with Crippen LogP contribution in [0.15, 0.2) is 0 Å². The Morgan fingerprint density at radius 3 is 2.59 bits per heavy atom. The number of aromatic nitrogens is 2. The molecule has 17 heavy (non-hydrogen) atoms. The monoisotopic (exact) mass is 259 g/mol. The van der Waals surface area contributed by atoms with Crippen molar-refractivity contribution >= 4 is 11.6 Å². The Labute approximate surface area is 108 Å². The number of hydrogen-bond acceptors (Lipinski definition) is 3. The Morgan fingerprint density at radius 1 is 1.47 bits per heavy atom. The highest BCUT2D eigenvalue weighted by Crippen LogP contribution is 2.22. The van der Waals surface area contributed by atoms with Crippen LogP contribution in [0.4, 0.5) is 0 Å². The Kier molecular flexibility index (Phi) is 5.43. The molecule has 1 aromatic rings. The van der Waals surface area contributed by atoms with E-state index in [-0.39, 0.29) is 6.61 Å². The van der Waals surface area contributed by atoms with Gasteiger partial charge in [-0.3, -0.25) is 9.58 Å². The van der Waals surface area contributed by atoms with E-state index in [2.05, 4.69) is 30.8 Å². The molecule has 0 radical (unpaired) electrons. The summed E-state index contributed by atoms with van der Waals surface area (Å²) in [7, 11) is 0. The molecule has 1 aromatic heterocycles. The quantitative estimate of drug-likeness (QED) is 0.850. The van der Waals surface area contributed by atoms with Crippen molar-refractivity contribution in [2.45, 2.75) is 46.8 Å². The molecule has 0 fully saturated rings. The Balaban J connectivity index is 2.91. The van der Waals surface area contributed by atoms with E-state index < -0.39 is 0 Å². The number of aliphatic hydroxyl groups is 1. The number of aryl methyl sites for hydroxylation is 2. The number of halogens is 1. The second-order valence-electron chi connectivity index (χ2n) is 4.45. The van der Waals surface area contributed by atoms with Gasteiger partial charge in [-0.1, -0.05) is 11.6 Å². The van der Waals surface area contributed by atoms with Crippen LogP contribution in [0.3, 0.4) is 0 Å². The van der Waals surface area contributed by atoms with Gasteiger partial charge in [0.25, 0.3) is 0 Å². The van der Waals surface area contributed by atoms with Gasteiger partial charge in [0, 0.05) is 25.7 Å². The third-order valence-corrected chi connectivity index (χ3v) is 3.41. The predicted octanol–water partition coefficient (Wildman–Crippen LogP) is 2.07. The lowest BCUT2D eigenvalue weighted by molar-refractivity contribution is 0.156. The third-order valence-electron chi connectivity index (χ3n) is 2.92. The molecular weight excluding hydrogens is 238 g/mol. The first kappa shape index (κ1) is 14.5. The maximum absolute atomic E-state index is 9.07. The van der Waals surface area contributed by atoms with Crippen LogP contribution in [0.25, 0.3) is 0 Å². The fourth-order valence-electron chi connectivity index (χ4n) is 1.86. The zero-order valence-electron chi connectivity index (χ0n) is 11.1. The van der Waals surface area contributed by atoms with E-state index in [1.807, 2.05) is 11.6 Å². The topological polar surface area (TPSA) is 41.3 Å². The molecule has 4 nitrogen and oxygen atoms in total. The first-order chi connectivity index (χ1) is 8.01. The summed E-state index contributed by atoms with van der Waals surface area (Å²) >= 11 is 6.27. The molecule has 0 spiro atoms. The highest BCUT2D eigenvalue weighted by molar-refractivity contribution is 6.31. The molecular formula is C12H22ClN3O. The van der Waals surface area contributed by atoms with Gasteiger partial charge in [-0.15, -0.1) is 0 Å². The molecule has 0 aromatic carbocycles. The molecule has 5 heteroatoms. The second-order valence-corrected chi connectivity index (χ2v) is 4.83. The number of rotatable bonds is 6. The van der Waals surface area contributed by atoms with E-state index in [9.17, 15) is 0 Å². The van der Waals surface area contributed by atoms with Crippen LogP contribution in [0.2, 0.25) is 5.02 Å². The summed E-state index contributed by atoms with van der Waals surface area (Å²) in [5, 5.41) is 14.2. The summed E-state index contributed by atoms with van der Waals surface area (Å²) in [6, 6.07) is 0.374. The molecule has 1 N–H and O–H groups in total. The molecule has 0 aliphatic carbocycles. The van der Waals surface area contributed by atoms with Crippen molar-refractivity contribution in [3.63, 3.8) is 0 Å². The van der Waals surface area contributed by atoms with Gasteiger partial charge in [-0.25, -0.2) is 0 Å². The standard InChI is InChI=1S/C12H22ClN3O/c1-5-16-11(12(13)10(4)14-16)8-15(6-7-17)9(2)3/h9,17H,5-8H2,1-4H3. The Morgan fingerprint density at radius 2 is 2.12 bits per heavy atom. The van der Waals surface area contributed by atoms with Gasteiger partial charge in [0.2, 0.25) is 0 Å². The Bertz CT molecular complexity index is 363. The van der Waals surface area contributed by atoms with Gasteiger partial charge in [0.15, 0.2) is 0 Å². The van der Waals surface area contributed by atoms with Crippen molar-refractivity contribution in [3.8, 4) is 0 Å². The zero-order chi connectivity index (χ0) is 13.0. The molecule has 0 aliphatic rings. The smallest absolute Gasteiger partial charge is 0.0860 e. The van der Waals surface area contributed by atoms with E-state index in [0.717, 1.165) is 29.5 Å². The highest BCUT2D eigenvalue weighted by atomic mass is 35.5. The SMILES string of the molecule is CCn1nc(C)c(Cl)c1CN(CCO)C(C)C. The van der Waals surface area contributed by atoms with Crippen molar-refractivity contribution in [3.05, 3.63) is 16.4 Å². The van der Waals surface area contributed by atoms with Crippen LogP contribution in [-0.4, -0.2) is 39.0 Å². The summed E-state index contributed by atoms with van der Waals surface area (Å²) in [5.74, 6) is 0.